The van der Waals surface area contributed by atoms with Gasteiger partial charge in [0.1, 0.15) is 5.92 Å². The Balaban J connectivity index is 3.93. The molecular formula is C6H10BNO3. The molecule has 0 aliphatic heterocycles. The van der Waals surface area contributed by atoms with Crippen molar-refractivity contribution < 1.29 is 14.7 Å². The highest BCUT2D eigenvalue weighted by Crippen LogP contribution is 1.96. The van der Waals surface area contributed by atoms with Crippen molar-refractivity contribution in [1.82, 2.24) is 4.81 Å². The van der Waals surface area contributed by atoms with Crippen LogP contribution >= 0.6 is 0 Å². The zero-order valence-corrected chi connectivity index (χ0v) is 6.57. The van der Waals surface area contributed by atoms with Gasteiger partial charge < -0.3 is 9.92 Å². The predicted octanol–water partition coefficient (Wildman–Crippen LogP) is -0.709. The van der Waals surface area contributed by atoms with Gasteiger partial charge in [-0.15, -0.1) is 0 Å². The molecule has 0 amide bonds. The van der Waals surface area contributed by atoms with E-state index in [2.05, 4.69) is 0 Å². The molecular weight excluding hydrogens is 145 g/mol. The van der Waals surface area contributed by atoms with Gasteiger partial charge in [-0.25, -0.2) is 0 Å². The Labute approximate surface area is 66.6 Å². The number of aliphatic carboxylic acids is 1. The third-order valence-electron chi connectivity index (χ3n) is 1.26. The van der Waals surface area contributed by atoms with Gasteiger partial charge in [0.2, 0.25) is 0 Å². The van der Waals surface area contributed by atoms with Crippen LogP contribution in [0.25, 0.3) is 0 Å². The second kappa shape index (κ2) is 4.13. The molecule has 0 rings (SSSR count). The van der Waals surface area contributed by atoms with Crippen LogP contribution in [0, 0.1) is 5.92 Å². The van der Waals surface area contributed by atoms with Crippen molar-refractivity contribution in [1.29, 1.82) is 0 Å². The molecule has 0 fully saturated rings. The van der Waals surface area contributed by atoms with Gasteiger partial charge in [0.15, 0.2) is 13.8 Å². The third-order valence-corrected chi connectivity index (χ3v) is 1.26. The van der Waals surface area contributed by atoms with Crippen molar-refractivity contribution in [3.8, 4) is 0 Å². The zero-order valence-electron chi connectivity index (χ0n) is 6.57. The van der Waals surface area contributed by atoms with E-state index in [0.717, 1.165) is 4.81 Å². The molecule has 0 saturated carbocycles. The highest BCUT2D eigenvalue weighted by atomic mass is 16.4. The lowest BCUT2D eigenvalue weighted by atomic mass is 10.1. The van der Waals surface area contributed by atoms with Gasteiger partial charge in [0.05, 0.1) is 0 Å². The fourth-order valence-electron chi connectivity index (χ4n) is 0.520. The first-order valence-corrected chi connectivity index (χ1v) is 3.16. The highest BCUT2D eigenvalue weighted by Gasteiger charge is 2.19. The van der Waals surface area contributed by atoms with Crippen LogP contribution in [0.4, 0.5) is 0 Å². The molecule has 0 aromatic carbocycles. The van der Waals surface area contributed by atoms with E-state index in [9.17, 15) is 9.59 Å². The fraction of sp³-hybridized carbons (Fsp3) is 0.667. The Bertz CT molecular complexity index is 169. The van der Waals surface area contributed by atoms with Crippen molar-refractivity contribution >= 4 is 19.7 Å². The second-order valence-electron chi connectivity index (χ2n) is 2.44. The van der Waals surface area contributed by atoms with E-state index < -0.39 is 11.9 Å². The first-order valence-electron chi connectivity index (χ1n) is 3.16. The third kappa shape index (κ3) is 3.77. The lowest BCUT2D eigenvalue weighted by Crippen LogP contribution is -2.31. The summed E-state index contributed by atoms with van der Waals surface area (Å²) in [6.07, 6.45) is 0. The highest BCUT2D eigenvalue weighted by molar-refractivity contribution is 6.07. The standard InChI is InChI=1S/C6H10BNO3/c1-4(6(10)11)5(9)3-8(2)7/h4H,3H2,1-2H3,(H,10,11). The summed E-state index contributed by atoms with van der Waals surface area (Å²) in [4.78, 5) is 22.3. The maximum absolute atomic E-state index is 10.9. The number of carboxylic acid groups (broad SMARTS) is 1. The summed E-state index contributed by atoms with van der Waals surface area (Å²) in [5, 5.41) is 8.39. The molecule has 2 radical (unpaired) electrons. The van der Waals surface area contributed by atoms with E-state index in [-0.39, 0.29) is 12.3 Å². The normalized spacial score (nSPS) is 13.0. The maximum Gasteiger partial charge on any atom is 0.313 e. The lowest BCUT2D eigenvalue weighted by molar-refractivity contribution is -0.145. The Morgan fingerprint density at radius 1 is 1.64 bits per heavy atom. The van der Waals surface area contributed by atoms with Gasteiger partial charge in [-0.1, -0.05) is 0 Å². The lowest BCUT2D eigenvalue weighted by Gasteiger charge is -2.10. The van der Waals surface area contributed by atoms with Gasteiger partial charge in [-0.05, 0) is 14.0 Å². The molecule has 0 aliphatic rings. The minimum atomic E-state index is -1.11. The number of carbonyl (C=O) groups excluding carboxylic acids is 1. The fourth-order valence-corrected chi connectivity index (χ4v) is 0.520. The zero-order chi connectivity index (χ0) is 9.02. The summed E-state index contributed by atoms with van der Waals surface area (Å²) < 4.78 is 0. The number of hydrogen-bond acceptors (Lipinski definition) is 3. The quantitative estimate of drug-likeness (QED) is 0.430. The maximum atomic E-state index is 10.9. The molecule has 1 N–H and O–H groups in total. The van der Waals surface area contributed by atoms with Crippen LogP contribution in [0.1, 0.15) is 6.92 Å². The Morgan fingerprint density at radius 2 is 2.09 bits per heavy atom. The predicted molar refractivity (Wildman–Crippen MR) is 40.2 cm³/mol. The molecule has 0 spiro atoms. The molecule has 5 heteroatoms. The van der Waals surface area contributed by atoms with Crippen molar-refractivity contribution in [3.05, 3.63) is 0 Å². The topological polar surface area (TPSA) is 57.6 Å². The van der Waals surface area contributed by atoms with Crippen molar-refractivity contribution in [2.45, 2.75) is 6.92 Å². The summed E-state index contributed by atoms with van der Waals surface area (Å²) in [6, 6.07) is 0. The molecule has 0 saturated heterocycles. The van der Waals surface area contributed by atoms with Gasteiger partial charge in [0, 0.05) is 6.54 Å². The number of nitrogens with zero attached hydrogens (tertiary/aromatic N) is 1. The molecule has 4 nitrogen and oxygen atoms in total. The molecule has 0 aromatic heterocycles. The van der Waals surface area contributed by atoms with Gasteiger partial charge in [-0.2, -0.15) is 0 Å². The Hall–Kier alpha value is -0.835. The number of carboxylic acids is 1. The average Bonchev–Trinajstić information content (AvgIpc) is 1.84. The first kappa shape index (κ1) is 10.2. The number of ketones is 1. The van der Waals surface area contributed by atoms with Crippen LogP contribution in [0.15, 0.2) is 0 Å². The summed E-state index contributed by atoms with van der Waals surface area (Å²) >= 11 is 0. The summed E-state index contributed by atoms with van der Waals surface area (Å²) in [5.41, 5.74) is 0. The van der Waals surface area contributed by atoms with E-state index in [1.54, 1.807) is 0 Å². The van der Waals surface area contributed by atoms with Crippen LogP contribution in [-0.4, -0.2) is 43.2 Å². The van der Waals surface area contributed by atoms with Gasteiger partial charge in [-0.3, -0.25) is 9.59 Å². The van der Waals surface area contributed by atoms with E-state index in [1.807, 2.05) is 0 Å². The first-order chi connectivity index (χ1) is 4.95. The van der Waals surface area contributed by atoms with Gasteiger partial charge >= 0.3 is 5.97 Å². The summed E-state index contributed by atoms with van der Waals surface area (Å²) in [5.74, 6) is -2.47. The minimum Gasteiger partial charge on any atom is -0.481 e. The molecule has 60 valence electrons. The number of Topliss-reactive ketones (excluding diaryl/α,β-unsaturated/α-hetero) is 1. The van der Waals surface area contributed by atoms with Gasteiger partial charge in [0.25, 0.3) is 0 Å². The second-order valence-corrected chi connectivity index (χ2v) is 2.44. The SMILES string of the molecule is [B]N(C)CC(=O)C(C)C(=O)O. The van der Waals surface area contributed by atoms with E-state index in [1.165, 1.54) is 14.0 Å². The molecule has 1 unspecified atom stereocenters. The number of likely N-dealkylation sites (N-methyl/N-ethyl adjacent to an activating group) is 1. The van der Waals surface area contributed by atoms with E-state index in [0.29, 0.717) is 0 Å². The molecule has 1 atom stereocenters. The Kier molecular flexibility index (Phi) is 3.82. The summed E-state index contributed by atoms with van der Waals surface area (Å²) in [7, 11) is 6.66. The smallest absolute Gasteiger partial charge is 0.313 e. The van der Waals surface area contributed by atoms with Crippen LogP contribution in [0.5, 0.6) is 0 Å². The molecule has 0 aliphatic carbocycles. The largest absolute Gasteiger partial charge is 0.481 e. The number of carbonyl (C=O) groups is 2. The molecule has 0 heterocycles. The van der Waals surface area contributed by atoms with Crippen molar-refractivity contribution in [2.75, 3.05) is 13.6 Å². The Morgan fingerprint density at radius 3 is 2.36 bits per heavy atom. The van der Waals surface area contributed by atoms with E-state index >= 15 is 0 Å². The molecule has 0 bridgehead atoms. The van der Waals surface area contributed by atoms with Crippen LogP contribution in [0.3, 0.4) is 0 Å². The number of rotatable bonds is 4. The van der Waals surface area contributed by atoms with E-state index in [4.69, 9.17) is 13.1 Å². The van der Waals surface area contributed by atoms with Crippen molar-refractivity contribution in [2.24, 2.45) is 5.92 Å². The average molecular weight is 155 g/mol. The van der Waals surface area contributed by atoms with Crippen LogP contribution in [0.2, 0.25) is 0 Å². The van der Waals surface area contributed by atoms with Crippen molar-refractivity contribution in [3.63, 3.8) is 0 Å². The summed E-state index contributed by atoms with van der Waals surface area (Å²) in [6.45, 7) is 1.31. The van der Waals surface area contributed by atoms with Crippen LogP contribution in [-0.2, 0) is 9.59 Å². The number of hydrogen-bond donors (Lipinski definition) is 1. The molecule has 0 aromatic rings. The molecule has 11 heavy (non-hydrogen) atoms. The monoisotopic (exact) mass is 155 g/mol. The van der Waals surface area contributed by atoms with Crippen LogP contribution < -0.4 is 0 Å². The minimum absolute atomic E-state index is 0.0343.